The summed E-state index contributed by atoms with van der Waals surface area (Å²) in [6.07, 6.45) is -2.97. The van der Waals surface area contributed by atoms with E-state index in [-0.39, 0.29) is 23.6 Å². The van der Waals surface area contributed by atoms with Crippen molar-refractivity contribution in [3.05, 3.63) is 65.2 Å². The van der Waals surface area contributed by atoms with Crippen LogP contribution in [0.5, 0.6) is 0 Å². The smallest absolute Gasteiger partial charge is 0.475 e. The van der Waals surface area contributed by atoms with Crippen molar-refractivity contribution in [3.63, 3.8) is 0 Å². The zero-order valence-electron chi connectivity index (χ0n) is 23.9. The molecule has 4 rings (SSSR count). The number of hydrogen-bond donors (Lipinski definition) is 1. The first kappa shape index (κ1) is 33.9. The molecule has 2 heterocycles. The Hall–Kier alpha value is -3.64. The van der Waals surface area contributed by atoms with E-state index in [0.29, 0.717) is 57.1 Å². The average molecular weight is 625 g/mol. The molecule has 2 aliphatic heterocycles. The van der Waals surface area contributed by atoms with Crippen LogP contribution in [0.1, 0.15) is 31.7 Å². The average Bonchev–Trinajstić information content (AvgIpc) is 2.97. The van der Waals surface area contributed by atoms with E-state index in [4.69, 9.17) is 21.5 Å². The number of hydrogen-bond acceptors (Lipinski definition) is 5. The molecular formula is C30H36ClF3N4O5. The van der Waals surface area contributed by atoms with E-state index in [2.05, 4.69) is 4.90 Å². The largest absolute Gasteiger partial charge is 0.490 e. The van der Waals surface area contributed by atoms with Gasteiger partial charge < -0.3 is 19.8 Å². The van der Waals surface area contributed by atoms with Crippen LogP contribution < -0.4 is 4.90 Å². The molecule has 9 nitrogen and oxygen atoms in total. The number of carbonyl (C=O) groups excluding carboxylic acids is 3. The number of likely N-dealkylation sites (tertiary alicyclic amines) is 1. The van der Waals surface area contributed by atoms with E-state index in [1.54, 1.807) is 13.0 Å². The zero-order valence-corrected chi connectivity index (χ0v) is 24.7. The maximum Gasteiger partial charge on any atom is 0.490 e. The summed E-state index contributed by atoms with van der Waals surface area (Å²) in [6.45, 7) is 6.70. The number of carboxylic acid groups (broad SMARTS) is 1. The molecule has 0 atom stereocenters. The number of alkyl halides is 3. The van der Waals surface area contributed by atoms with Gasteiger partial charge in [-0.3, -0.25) is 19.3 Å². The fourth-order valence-electron chi connectivity index (χ4n) is 5.04. The van der Waals surface area contributed by atoms with Gasteiger partial charge >= 0.3 is 12.1 Å². The van der Waals surface area contributed by atoms with Crippen molar-refractivity contribution < 1.29 is 37.5 Å². The number of rotatable bonds is 8. The summed E-state index contributed by atoms with van der Waals surface area (Å²) in [5.74, 6) is -2.57. The van der Waals surface area contributed by atoms with Crippen molar-refractivity contribution in [1.29, 1.82) is 0 Å². The molecule has 0 saturated carbocycles. The number of anilines is 1. The topological polar surface area (TPSA) is 101 Å². The van der Waals surface area contributed by atoms with Crippen molar-refractivity contribution in [2.75, 3.05) is 50.7 Å². The monoisotopic (exact) mass is 624 g/mol. The summed E-state index contributed by atoms with van der Waals surface area (Å²) in [5, 5.41) is 7.72. The van der Waals surface area contributed by atoms with Gasteiger partial charge in [-0.1, -0.05) is 48.0 Å². The Kier molecular flexibility index (Phi) is 12.4. The Morgan fingerprint density at radius 1 is 1.00 bits per heavy atom. The molecule has 43 heavy (non-hydrogen) atoms. The molecule has 2 fully saturated rings. The van der Waals surface area contributed by atoms with Crippen LogP contribution in [0, 0.1) is 5.92 Å². The van der Waals surface area contributed by atoms with Crippen LogP contribution in [-0.4, -0.2) is 95.5 Å². The quantitative estimate of drug-likeness (QED) is 0.470. The molecule has 2 aromatic carbocycles. The molecule has 234 valence electrons. The van der Waals surface area contributed by atoms with Crippen LogP contribution in [0.25, 0.3) is 0 Å². The molecular weight excluding hydrogens is 589 g/mol. The second-order valence-electron chi connectivity index (χ2n) is 10.5. The van der Waals surface area contributed by atoms with Gasteiger partial charge in [0.1, 0.15) is 0 Å². The van der Waals surface area contributed by atoms with Gasteiger partial charge in [-0.2, -0.15) is 13.2 Å². The van der Waals surface area contributed by atoms with Crippen LogP contribution in [0.3, 0.4) is 0 Å². The predicted molar refractivity (Wildman–Crippen MR) is 155 cm³/mol. The van der Waals surface area contributed by atoms with Crippen LogP contribution >= 0.6 is 11.6 Å². The van der Waals surface area contributed by atoms with Crippen LogP contribution in [-0.2, 0) is 25.7 Å². The summed E-state index contributed by atoms with van der Waals surface area (Å²) in [7, 11) is 0. The molecule has 0 radical (unpaired) electrons. The number of halogens is 4. The third kappa shape index (κ3) is 10.5. The van der Waals surface area contributed by atoms with Crippen molar-refractivity contribution in [2.45, 2.75) is 38.9 Å². The number of piperazine rings is 1. The van der Waals surface area contributed by atoms with E-state index in [1.807, 2.05) is 63.2 Å². The lowest BCUT2D eigenvalue weighted by molar-refractivity contribution is -0.192. The Morgan fingerprint density at radius 3 is 2.21 bits per heavy atom. The van der Waals surface area contributed by atoms with Gasteiger partial charge in [0.25, 0.3) is 0 Å². The minimum Gasteiger partial charge on any atom is -0.475 e. The summed E-state index contributed by atoms with van der Waals surface area (Å²) >= 11 is 6.24. The fourth-order valence-corrected chi connectivity index (χ4v) is 5.23. The number of carboxylic acids is 1. The third-order valence-corrected chi connectivity index (χ3v) is 7.62. The predicted octanol–water partition coefficient (Wildman–Crippen LogP) is 4.30. The van der Waals surface area contributed by atoms with Gasteiger partial charge in [0.15, 0.2) is 0 Å². The highest BCUT2D eigenvalue weighted by atomic mass is 35.5. The lowest BCUT2D eigenvalue weighted by atomic mass is 9.94. The van der Waals surface area contributed by atoms with Gasteiger partial charge in [-0.15, -0.1) is 0 Å². The number of piperidine rings is 1. The Bertz CT molecular complexity index is 1260. The summed E-state index contributed by atoms with van der Waals surface area (Å²) in [6, 6.07) is 17.5. The molecule has 13 heteroatoms. The van der Waals surface area contributed by atoms with E-state index in [1.165, 1.54) is 0 Å². The van der Waals surface area contributed by atoms with Crippen molar-refractivity contribution >= 4 is 41.0 Å². The fraction of sp³-hybridized carbons (Fsp3) is 0.467. The van der Waals surface area contributed by atoms with Crippen molar-refractivity contribution in [2.24, 2.45) is 5.92 Å². The maximum absolute atomic E-state index is 13.5. The highest BCUT2D eigenvalue weighted by molar-refractivity contribution is 6.30. The zero-order chi connectivity index (χ0) is 31.6. The lowest BCUT2D eigenvalue weighted by Gasteiger charge is -2.36. The SMILES string of the molecule is CC(=O)N1CCC(C(=O)N(CCCN2CCN(Cc3ccccc3)C(=O)C2)c2cccc(Cl)c2)CC1.O=C(O)C(F)(F)F. The molecule has 0 aromatic heterocycles. The Morgan fingerprint density at radius 2 is 1.65 bits per heavy atom. The molecule has 0 aliphatic carbocycles. The van der Waals surface area contributed by atoms with Crippen LogP contribution in [0.4, 0.5) is 18.9 Å². The summed E-state index contributed by atoms with van der Waals surface area (Å²) < 4.78 is 31.7. The number of aliphatic carboxylic acids is 1. The molecule has 2 aromatic rings. The third-order valence-electron chi connectivity index (χ3n) is 7.39. The molecule has 0 unspecified atom stereocenters. The minimum absolute atomic E-state index is 0.0611. The Balaban J connectivity index is 0.000000646. The lowest BCUT2D eigenvalue weighted by Crippen LogP contribution is -2.50. The highest BCUT2D eigenvalue weighted by Crippen LogP contribution is 2.26. The molecule has 2 aliphatic rings. The van der Waals surface area contributed by atoms with E-state index in [0.717, 1.165) is 30.8 Å². The first-order chi connectivity index (χ1) is 20.3. The number of amides is 3. The number of carbonyl (C=O) groups is 4. The van der Waals surface area contributed by atoms with Gasteiger partial charge in [0, 0.05) is 69.4 Å². The molecule has 0 spiro atoms. The summed E-state index contributed by atoms with van der Waals surface area (Å²) in [5.41, 5.74) is 1.94. The van der Waals surface area contributed by atoms with Crippen LogP contribution in [0.15, 0.2) is 54.6 Å². The van der Waals surface area contributed by atoms with Crippen LogP contribution in [0.2, 0.25) is 5.02 Å². The van der Waals surface area contributed by atoms with E-state index >= 15 is 0 Å². The second-order valence-corrected chi connectivity index (χ2v) is 10.9. The number of nitrogens with zero attached hydrogens (tertiary/aromatic N) is 4. The maximum atomic E-state index is 13.5. The molecule has 1 N–H and O–H groups in total. The normalized spacial score (nSPS) is 16.3. The van der Waals surface area contributed by atoms with Gasteiger partial charge in [-0.25, -0.2) is 4.79 Å². The van der Waals surface area contributed by atoms with Crippen molar-refractivity contribution in [1.82, 2.24) is 14.7 Å². The standard InChI is InChI=1S/C28H35ClN4O3.C2HF3O2/c1-22(34)31-15-11-24(12-16-31)28(36)33(26-10-5-9-25(29)19-26)14-6-13-30-17-18-32(27(35)21-30)20-23-7-3-2-4-8-23;3-2(4,5)1(6)7/h2-5,7-10,19,24H,6,11-18,20-21H2,1H3;(H,6,7). The van der Waals surface area contributed by atoms with Gasteiger partial charge in [0.2, 0.25) is 17.7 Å². The van der Waals surface area contributed by atoms with E-state index < -0.39 is 12.1 Å². The molecule has 2 saturated heterocycles. The number of benzene rings is 2. The summed E-state index contributed by atoms with van der Waals surface area (Å²) in [4.78, 5) is 54.6. The van der Waals surface area contributed by atoms with Gasteiger partial charge in [0.05, 0.1) is 6.54 Å². The Labute approximate surface area is 253 Å². The van der Waals surface area contributed by atoms with E-state index in [9.17, 15) is 27.6 Å². The first-order valence-electron chi connectivity index (χ1n) is 14.0. The minimum atomic E-state index is -5.08. The van der Waals surface area contributed by atoms with Gasteiger partial charge in [-0.05, 0) is 43.0 Å². The first-order valence-corrected chi connectivity index (χ1v) is 14.4. The molecule has 0 bridgehead atoms. The molecule has 3 amide bonds. The highest BCUT2D eigenvalue weighted by Gasteiger charge is 2.38. The second kappa shape index (κ2) is 15.7. The van der Waals surface area contributed by atoms with Crippen molar-refractivity contribution in [3.8, 4) is 0 Å².